The third-order valence-electron chi connectivity index (χ3n) is 13.3. The molecule has 0 amide bonds. The van der Waals surface area contributed by atoms with Crippen LogP contribution in [0.5, 0.6) is 0 Å². The van der Waals surface area contributed by atoms with Gasteiger partial charge < -0.3 is 13.3 Å². The maximum atomic E-state index is 6.01. The lowest BCUT2D eigenvalue weighted by molar-refractivity contribution is 0.573. The summed E-state index contributed by atoms with van der Waals surface area (Å²) in [7, 11) is 0. The van der Waals surface area contributed by atoms with E-state index in [0.29, 0.717) is 0 Å². The molecule has 0 atom stereocenters. The summed E-state index contributed by atoms with van der Waals surface area (Å²) in [5, 5.41) is 7.31. The molecule has 368 valence electrons. The molecule has 0 N–H and O–H groups in total. The fraction of sp³-hybridized carbons (Fsp3) is 0.294. The topological polar surface area (TPSA) is 39.4 Å². The minimum atomic E-state index is 0. The highest BCUT2D eigenvalue weighted by atomic mass is 16.3. The van der Waals surface area contributed by atoms with E-state index < -0.39 is 0 Å². The minimum absolute atomic E-state index is 0. The highest BCUT2D eigenvalue weighted by Gasteiger charge is 2.23. The van der Waals surface area contributed by atoms with Crippen molar-refractivity contribution in [2.75, 3.05) is 0 Å². The first-order chi connectivity index (χ1) is 32.3. The third kappa shape index (κ3) is 10.9. The first-order valence-electron chi connectivity index (χ1n) is 24.2. The van der Waals surface area contributed by atoms with Gasteiger partial charge in [0.25, 0.3) is 0 Å². The van der Waals surface area contributed by atoms with Gasteiger partial charge in [-0.2, -0.15) is 0 Å². The van der Waals surface area contributed by atoms with Crippen LogP contribution in [0, 0.1) is 0 Å². The van der Waals surface area contributed by atoms with E-state index in [9.17, 15) is 0 Å². The molecule has 0 saturated heterocycles. The van der Waals surface area contributed by atoms with Gasteiger partial charge in [-0.05, 0) is 103 Å². The molecule has 0 aliphatic heterocycles. The largest absolute Gasteiger partial charge is 0.456 e. The van der Waals surface area contributed by atoms with Gasteiger partial charge in [-0.1, -0.05) is 239 Å². The maximum Gasteiger partial charge on any atom is 0.139 e. The molecule has 1 aliphatic rings. The van der Waals surface area contributed by atoms with Gasteiger partial charge >= 0.3 is 0 Å². The number of hydrogen-bond acceptors (Lipinski definition) is 3. The van der Waals surface area contributed by atoms with Crippen LogP contribution in [0.25, 0.3) is 76.9 Å². The van der Waals surface area contributed by atoms with E-state index in [1.807, 2.05) is 42.5 Å². The number of furan rings is 3. The third-order valence-corrected chi connectivity index (χ3v) is 13.3. The van der Waals surface area contributed by atoms with Crippen LogP contribution in [0.2, 0.25) is 0 Å². The van der Waals surface area contributed by atoms with E-state index >= 15 is 0 Å². The number of rotatable bonds is 0. The average molecular weight is 943 g/mol. The van der Waals surface area contributed by atoms with Crippen molar-refractivity contribution >= 4 is 65.8 Å². The Labute approximate surface area is 424 Å². The van der Waals surface area contributed by atoms with Gasteiger partial charge in [-0.15, -0.1) is 0 Å². The summed E-state index contributed by atoms with van der Waals surface area (Å²) in [5.74, 6) is 0. The van der Waals surface area contributed by atoms with Gasteiger partial charge in [0.1, 0.15) is 33.5 Å². The van der Waals surface area contributed by atoms with Crippen molar-refractivity contribution in [1.29, 1.82) is 0 Å². The molecule has 8 aromatic carbocycles. The smallest absolute Gasteiger partial charge is 0.139 e. The Hall–Kier alpha value is -6.84. The van der Waals surface area contributed by atoms with Crippen LogP contribution >= 0.6 is 0 Å². The molecule has 0 fully saturated rings. The highest BCUT2D eigenvalue weighted by Crippen LogP contribution is 2.40. The normalized spacial score (nSPS) is 12.1. The van der Waals surface area contributed by atoms with Gasteiger partial charge in [0.05, 0.1) is 0 Å². The molecule has 3 aromatic heterocycles. The lowest BCUT2D eigenvalue weighted by Crippen LogP contribution is -2.11. The zero-order chi connectivity index (χ0) is 48.2. The van der Waals surface area contributed by atoms with Gasteiger partial charge in [0.2, 0.25) is 0 Å². The summed E-state index contributed by atoms with van der Waals surface area (Å²) < 4.78 is 17.7. The van der Waals surface area contributed by atoms with Crippen molar-refractivity contribution in [3.05, 3.63) is 203 Å². The van der Waals surface area contributed by atoms with Crippen LogP contribution in [0.3, 0.4) is 0 Å². The zero-order valence-electron chi connectivity index (χ0n) is 42.1. The molecule has 3 nitrogen and oxygen atoms in total. The summed E-state index contributed by atoms with van der Waals surface area (Å²) in [5.41, 5.74) is 17.7. The molecule has 71 heavy (non-hydrogen) atoms. The maximum absolute atomic E-state index is 6.01. The van der Waals surface area contributed by atoms with Gasteiger partial charge in [-0.3, -0.25) is 0 Å². The fourth-order valence-corrected chi connectivity index (χ4v) is 9.54. The first kappa shape index (κ1) is 53.5. The van der Waals surface area contributed by atoms with E-state index in [0.717, 1.165) is 39.9 Å². The van der Waals surface area contributed by atoms with Crippen LogP contribution in [-0.4, -0.2) is 0 Å². The molecule has 0 saturated carbocycles. The molecule has 0 unspecified atom stereocenters. The minimum Gasteiger partial charge on any atom is -0.456 e. The van der Waals surface area contributed by atoms with Crippen molar-refractivity contribution in [3.8, 4) is 11.1 Å². The average Bonchev–Trinajstić information content (AvgIpc) is 4.08. The van der Waals surface area contributed by atoms with E-state index in [-0.39, 0.29) is 43.9 Å². The van der Waals surface area contributed by atoms with Crippen LogP contribution in [-0.2, 0) is 28.1 Å². The van der Waals surface area contributed by atoms with Crippen LogP contribution in [0.1, 0.15) is 139 Å². The van der Waals surface area contributed by atoms with Crippen molar-refractivity contribution in [1.82, 2.24) is 0 Å². The quantitative estimate of drug-likeness (QED) is 0.152. The second-order valence-electron chi connectivity index (χ2n) is 22.6. The Bertz CT molecular complexity index is 3560. The summed E-state index contributed by atoms with van der Waals surface area (Å²) in [6.45, 7) is 26.9. The van der Waals surface area contributed by atoms with E-state index in [4.69, 9.17) is 13.3 Å². The molecule has 0 radical (unpaired) electrons. The Morgan fingerprint density at radius 2 is 0.746 bits per heavy atom. The first-order valence-corrected chi connectivity index (χ1v) is 24.2. The number of para-hydroxylation sites is 4. The zero-order valence-corrected chi connectivity index (χ0v) is 42.1. The van der Waals surface area contributed by atoms with Crippen LogP contribution in [0.15, 0.2) is 183 Å². The van der Waals surface area contributed by atoms with Crippen molar-refractivity contribution < 1.29 is 13.3 Å². The molecule has 3 heterocycles. The van der Waals surface area contributed by atoms with Crippen molar-refractivity contribution in [2.24, 2.45) is 0 Å². The predicted octanol–water partition coefficient (Wildman–Crippen LogP) is 21.1. The molecular formula is C68H78O3. The standard InChI is InChI=1S/C17H18.3C16H16O.3CH4/c1-17(2,3)14-8-9-16-13(11-14)10-12-6-4-5-7-15(12)16;1-16(2,3)13-9-6-8-12-11-7-4-5-10-14(11)17-15(12)13;1-16(2,3)12-8-6-10-14-15(12)11-7-4-5-9-13(11)17-14;1-16(2,3)11-8-9-15-13(10-11)12-6-4-5-7-14(12)17-15;;;/h4-9,11H,10H2,1-3H3;3*4-10H,1-3H3;3*1H4. The SMILES string of the molecule is C.C.C.CC(C)(C)c1ccc2c(c1)Cc1ccccc1-2.CC(C)(C)c1ccc2oc3ccccc3c2c1.CC(C)(C)c1cccc2c1oc1ccccc12.CC(C)(C)c1cccc2oc3ccccc3c12. The monoisotopic (exact) mass is 943 g/mol. The van der Waals surface area contributed by atoms with Gasteiger partial charge in [0, 0.05) is 37.9 Å². The Morgan fingerprint density at radius 1 is 0.310 bits per heavy atom. The Balaban J connectivity index is 0.000000153. The lowest BCUT2D eigenvalue weighted by atomic mass is 9.84. The summed E-state index contributed by atoms with van der Waals surface area (Å²) >= 11 is 0. The summed E-state index contributed by atoms with van der Waals surface area (Å²) in [4.78, 5) is 0. The molecule has 11 aromatic rings. The second kappa shape index (κ2) is 20.5. The molecule has 0 bridgehead atoms. The van der Waals surface area contributed by atoms with E-state index in [1.54, 1.807) is 0 Å². The fourth-order valence-electron chi connectivity index (χ4n) is 9.54. The molecule has 12 rings (SSSR count). The summed E-state index contributed by atoms with van der Waals surface area (Å²) in [6.07, 6.45) is 1.09. The summed E-state index contributed by atoms with van der Waals surface area (Å²) in [6, 6.07) is 59.6. The van der Waals surface area contributed by atoms with E-state index in [2.05, 4.69) is 210 Å². The molecular weight excluding hydrogens is 865 g/mol. The van der Waals surface area contributed by atoms with Gasteiger partial charge in [0.15, 0.2) is 0 Å². The Kier molecular flexibility index (Phi) is 15.4. The van der Waals surface area contributed by atoms with Crippen molar-refractivity contribution in [3.63, 3.8) is 0 Å². The molecule has 0 spiro atoms. The molecule has 1 aliphatic carbocycles. The van der Waals surface area contributed by atoms with Crippen molar-refractivity contribution in [2.45, 2.75) is 133 Å². The number of hydrogen-bond donors (Lipinski definition) is 0. The predicted molar refractivity (Wildman–Crippen MR) is 311 cm³/mol. The highest BCUT2D eigenvalue weighted by molar-refractivity contribution is 6.08. The number of fused-ring (bicyclic) bond motifs is 12. The Morgan fingerprint density at radius 3 is 1.38 bits per heavy atom. The van der Waals surface area contributed by atoms with Gasteiger partial charge in [-0.25, -0.2) is 0 Å². The molecule has 3 heteroatoms. The van der Waals surface area contributed by atoms with Crippen LogP contribution < -0.4 is 0 Å². The second-order valence-corrected chi connectivity index (χ2v) is 22.6. The van der Waals surface area contributed by atoms with E-state index in [1.165, 1.54) is 76.8 Å². The number of benzene rings is 8. The lowest BCUT2D eigenvalue weighted by Gasteiger charge is -2.20. The van der Waals surface area contributed by atoms with Crippen LogP contribution in [0.4, 0.5) is 0 Å².